The van der Waals surface area contributed by atoms with Crippen LogP contribution in [0, 0.1) is 0 Å². The van der Waals surface area contributed by atoms with Crippen LogP contribution in [0.3, 0.4) is 0 Å². The van der Waals surface area contributed by atoms with Crippen molar-refractivity contribution >= 4 is 0 Å². The number of hydrogen-bond donors (Lipinski definition) is 1. The summed E-state index contributed by atoms with van der Waals surface area (Å²) >= 11 is 0. The van der Waals surface area contributed by atoms with Crippen molar-refractivity contribution in [2.45, 2.75) is 64.0 Å². The van der Waals surface area contributed by atoms with E-state index in [0.29, 0.717) is 5.82 Å². The molecule has 1 fully saturated rings. The Hall–Kier alpha value is -0.970. The summed E-state index contributed by atoms with van der Waals surface area (Å²) in [7, 11) is 0. The molecule has 0 aliphatic heterocycles. The molecule has 0 aromatic carbocycles. The first-order valence-corrected chi connectivity index (χ1v) is 6.02. The van der Waals surface area contributed by atoms with E-state index >= 15 is 0 Å². The lowest BCUT2D eigenvalue weighted by molar-refractivity contribution is 0.275. The van der Waals surface area contributed by atoms with E-state index in [1.807, 2.05) is 0 Å². The number of aromatic nitrogens is 4. The van der Waals surface area contributed by atoms with Gasteiger partial charge >= 0.3 is 0 Å². The maximum Gasteiger partial charge on any atom is 0.194 e. The zero-order valence-electron chi connectivity index (χ0n) is 10.4. The summed E-state index contributed by atoms with van der Waals surface area (Å²) in [6.45, 7) is 6.17. The van der Waals surface area contributed by atoms with Crippen LogP contribution in [0.2, 0.25) is 0 Å². The molecule has 1 aliphatic rings. The minimum Gasteiger partial charge on any atom is -0.319 e. The predicted molar refractivity (Wildman–Crippen MR) is 61.8 cm³/mol. The molecule has 1 heterocycles. The van der Waals surface area contributed by atoms with E-state index in [9.17, 15) is 0 Å². The van der Waals surface area contributed by atoms with E-state index in [0.717, 1.165) is 12.8 Å². The lowest BCUT2D eigenvalue weighted by Crippen LogP contribution is -2.40. The molecular weight excluding hydrogens is 202 g/mol. The summed E-state index contributed by atoms with van der Waals surface area (Å²) in [5.74, 6) is 0.710. The normalized spacial score (nSPS) is 21.0. The summed E-state index contributed by atoms with van der Waals surface area (Å²) in [5.41, 5.74) is 5.88. The molecule has 1 saturated carbocycles. The van der Waals surface area contributed by atoms with Crippen LogP contribution in [0.1, 0.15) is 58.7 Å². The van der Waals surface area contributed by atoms with Crippen LogP contribution in [0.4, 0.5) is 0 Å². The Kier molecular flexibility index (Phi) is 2.74. The van der Waals surface area contributed by atoms with E-state index < -0.39 is 0 Å². The van der Waals surface area contributed by atoms with Crippen molar-refractivity contribution in [1.29, 1.82) is 0 Å². The Morgan fingerprint density at radius 2 is 1.81 bits per heavy atom. The topological polar surface area (TPSA) is 69.6 Å². The molecule has 0 radical (unpaired) electrons. The fourth-order valence-corrected chi connectivity index (χ4v) is 2.10. The average Bonchev–Trinajstić information content (AvgIpc) is 2.67. The first kappa shape index (κ1) is 11.5. The zero-order chi connectivity index (χ0) is 11.8. The summed E-state index contributed by atoms with van der Waals surface area (Å²) in [6.07, 6.45) is 5.55. The molecule has 0 spiro atoms. The Morgan fingerprint density at radius 3 is 2.31 bits per heavy atom. The van der Waals surface area contributed by atoms with Crippen LogP contribution < -0.4 is 5.73 Å². The van der Waals surface area contributed by atoms with Crippen molar-refractivity contribution in [2.24, 2.45) is 5.73 Å². The maximum absolute atomic E-state index is 6.36. The van der Waals surface area contributed by atoms with E-state index in [1.165, 1.54) is 19.3 Å². The number of rotatable bonds is 1. The van der Waals surface area contributed by atoms with Crippen molar-refractivity contribution in [3.63, 3.8) is 0 Å². The van der Waals surface area contributed by atoms with Gasteiger partial charge in [-0.15, -0.1) is 10.2 Å². The van der Waals surface area contributed by atoms with Crippen molar-refractivity contribution in [1.82, 2.24) is 20.2 Å². The summed E-state index contributed by atoms with van der Waals surface area (Å²) < 4.78 is 0. The second-order valence-electron chi connectivity index (χ2n) is 5.79. The standard InChI is InChI=1S/C11H21N5/c1-10(2,3)16-14-9(13-15-16)11(12)7-5-4-6-8-11/h4-8,12H2,1-3H3. The monoisotopic (exact) mass is 223 g/mol. The zero-order valence-corrected chi connectivity index (χ0v) is 10.4. The number of hydrogen-bond acceptors (Lipinski definition) is 4. The molecule has 0 saturated heterocycles. The van der Waals surface area contributed by atoms with Gasteiger partial charge in [0.25, 0.3) is 0 Å². The smallest absolute Gasteiger partial charge is 0.194 e. The van der Waals surface area contributed by atoms with Crippen LogP contribution in [0.15, 0.2) is 0 Å². The average molecular weight is 223 g/mol. The van der Waals surface area contributed by atoms with Crippen LogP contribution in [0.25, 0.3) is 0 Å². The van der Waals surface area contributed by atoms with Crippen molar-refractivity contribution in [3.8, 4) is 0 Å². The summed E-state index contributed by atoms with van der Waals surface area (Å²) in [4.78, 5) is 1.66. The minimum atomic E-state index is -0.345. The largest absolute Gasteiger partial charge is 0.319 e. The van der Waals surface area contributed by atoms with Gasteiger partial charge in [-0.25, -0.2) is 0 Å². The molecule has 5 heteroatoms. The molecule has 1 aliphatic carbocycles. The highest BCUT2D eigenvalue weighted by molar-refractivity contribution is 5.03. The molecule has 16 heavy (non-hydrogen) atoms. The van der Waals surface area contributed by atoms with Gasteiger partial charge in [-0.2, -0.15) is 4.80 Å². The lowest BCUT2D eigenvalue weighted by atomic mass is 9.82. The summed E-state index contributed by atoms with van der Waals surface area (Å²) in [6, 6.07) is 0. The third-order valence-electron chi connectivity index (χ3n) is 3.20. The Labute approximate surface area is 96.4 Å². The van der Waals surface area contributed by atoms with Crippen LogP contribution in [-0.2, 0) is 11.1 Å². The van der Waals surface area contributed by atoms with Gasteiger partial charge in [-0.3, -0.25) is 0 Å². The van der Waals surface area contributed by atoms with Crippen LogP contribution in [-0.4, -0.2) is 20.2 Å². The van der Waals surface area contributed by atoms with Gasteiger partial charge in [0.2, 0.25) is 0 Å². The first-order valence-electron chi connectivity index (χ1n) is 6.02. The molecule has 0 unspecified atom stereocenters. The van der Waals surface area contributed by atoms with Crippen molar-refractivity contribution < 1.29 is 0 Å². The molecule has 0 atom stereocenters. The highest BCUT2D eigenvalue weighted by Gasteiger charge is 2.34. The molecular formula is C11H21N5. The fraction of sp³-hybridized carbons (Fsp3) is 0.909. The second-order valence-corrected chi connectivity index (χ2v) is 5.79. The van der Waals surface area contributed by atoms with Gasteiger partial charge in [-0.1, -0.05) is 19.3 Å². The number of nitrogens with two attached hydrogens (primary N) is 1. The highest BCUT2D eigenvalue weighted by atomic mass is 15.6. The van der Waals surface area contributed by atoms with Crippen LogP contribution >= 0.6 is 0 Å². The van der Waals surface area contributed by atoms with Crippen molar-refractivity contribution in [2.75, 3.05) is 0 Å². The molecule has 2 rings (SSSR count). The third-order valence-corrected chi connectivity index (χ3v) is 3.20. The number of tetrazole rings is 1. The molecule has 90 valence electrons. The Balaban J connectivity index is 2.24. The van der Waals surface area contributed by atoms with Gasteiger partial charge in [-0.05, 0) is 38.8 Å². The quantitative estimate of drug-likeness (QED) is 0.784. The van der Waals surface area contributed by atoms with Gasteiger partial charge in [0.15, 0.2) is 5.82 Å². The second kappa shape index (κ2) is 3.80. The summed E-state index contributed by atoms with van der Waals surface area (Å²) in [5, 5.41) is 12.7. The van der Waals surface area contributed by atoms with Crippen LogP contribution in [0.5, 0.6) is 0 Å². The van der Waals surface area contributed by atoms with Crippen molar-refractivity contribution in [3.05, 3.63) is 5.82 Å². The number of nitrogens with zero attached hydrogens (tertiary/aromatic N) is 4. The van der Waals surface area contributed by atoms with E-state index in [-0.39, 0.29) is 11.1 Å². The van der Waals surface area contributed by atoms with E-state index in [4.69, 9.17) is 5.73 Å². The van der Waals surface area contributed by atoms with E-state index in [1.54, 1.807) is 4.80 Å². The third kappa shape index (κ3) is 2.09. The fourth-order valence-electron chi connectivity index (χ4n) is 2.10. The molecule has 1 aromatic heterocycles. The first-order chi connectivity index (χ1) is 7.42. The van der Waals surface area contributed by atoms with Gasteiger partial charge in [0.1, 0.15) is 0 Å². The predicted octanol–water partition coefficient (Wildman–Crippen LogP) is 1.55. The van der Waals surface area contributed by atoms with Gasteiger partial charge < -0.3 is 5.73 Å². The SMILES string of the molecule is CC(C)(C)n1nnc(C2(N)CCCCC2)n1. The Morgan fingerprint density at radius 1 is 1.19 bits per heavy atom. The molecule has 2 N–H and O–H groups in total. The molecule has 5 nitrogen and oxygen atoms in total. The lowest BCUT2D eigenvalue weighted by Gasteiger charge is -2.30. The molecule has 0 bridgehead atoms. The molecule has 1 aromatic rings. The van der Waals surface area contributed by atoms with E-state index in [2.05, 4.69) is 36.2 Å². The molecule has 0 amide bonds. The van der Waals surface area contributed by atoms with Gasteiger partial charge in [0, 0.05) is 0 Å². The Bertz CT molecular complexity index is 357. The maximum atomic E-state index is 6.36. The highest BCUT2D eigenvalue weighted by Crippen LogP contribution is 2.32. The minimum absolute atomic E-state index is 0.129. The van der Waals surface area contributed by atoms with Gasteiger partial charge in [0.05, 0.1) is 11.1 Å².